The summed E-state index contributed by atoms with van der Waals surface area (Å²) in [5.41, 5.74) is 0.623. The zero-order valence-electron chi connectivity index (χ0n) is 9.57. The van der Waals surface area contributed by atoms with Crippen molar-refractivity contribution in [1.82, 2.24) is 0 Å². The fourth-order valence-corrected chi connectivity index (χ4v) is 2.44. The fraction of sp³-hybridized carbons (Fsp3) is 0.385. The number of benzene rings is 1. The third kappa shape index (κ3) is 1.85. The van der Waals surface area contributed by atoms with Crippen LogP contribution in [0.4, 0.5) is 4.39 Å². The van der Waals surface area contributed by atoms with Gasteiger partial charge < -0.3 is 9.47 Å². The van der Waals surface area contributed by atoms with E-state index in [0.29, 0.717) is 11.3 Å². The maximum Gasteiger partial charge on any atom is 0.231 e. The molecule has 1 saturated carbocycles. The number of rotatable bonds is 1. The van der Waals surface area contributed by atoms with Crippen LogP contribution < -0.4 is 9.47 Å². The smallest absolute Gasteiger partial charge is 0.231 e. The number of Topliss-reactive ketones (excluding diaryl/α,β-unsaturated/α-hetero) is 2. The molecule has 1 fully saturated rings. The van der Waals surface area contributed by atoms with Crippen molar-refractivity contribution in [1.29, 1.82) is 0 Å². The third-order valence-electron chi connectivity index (χ3n) is 3.26. The first-order valence-corrected chi connectivity index (χ1v) is 5.76. The van der Waals surface area contributed by atoms with E-state index in [1.54, 1.807) is 6.07 Å². The van der Waals surface area contributed by atoms with E-state index in [1.165, 1.54) is 6.07 Å². The molecule has 0 N–H and O–H groups in total. The Bertz CT molecular complexity index is 522. The van der Waals surface area contributed by atoms with E-state index in [9.17, 15) is 14.0 Å². The van der Waals surface area contributed by atoms with Gasteiger partial charge in [-0.25, -0.2) is 4.39 Å². The summed E-state index contributed by atoms with van der Waals surface area (Å²) in [6.45, 7) is -0.00175. The summed E-state index contributed by atoms with van der Waals surface area (Å²) in [5, 5.41) is 0. The molecule has 0 aromatic heterocycles. The molecule has 0 spiro atoms. The van der Waals surface area contributed by atoms with Crippen LogP contribution in [-0.4, -0.2) is 18.4 Å². The molecule has 0 atom stereocenters. The van der Waals surface area contributed by atoms with Crippen LogP contribution in [0.5, 0.6) is 11.5 Å². The van der Waals surface area contributed by atoms with Crippen molar-refractivity contribution in [3.8, 4) is 11.5 Å². The molecule has 0 saturated heterocycles. The molecule has 1 aliphatic heterocycles. The van der Waals surface area contributed by atoms with Gasteiger partial charge in [0.1, 0.15) is 11.6 Å². The zero-order valence-corrected chi connectivity index (χ0v) is 9.57. The molecule has 0 radical (unpaired) electrons. The highest BCUT2D eigenvalue weighted by Gasteiger charge is 2.29. The lowest BCUT2D eigenvalue weighted by Gasteiger charge is -2.20. The van der Waals surface area contributed by atoms with Gasteiger partial charge in [0.15, 0.2) is 11.6 Å². The Morgan fingerprint density at radius 1 is 1.11 bits per heavy atom. The lowest BCUT2D eigenvalue weighted by molar-refractivity contribution is -0.130. The molecule has 1 heterocycles. The first kappa shape index (κ1) is 11.2. The number of carbonyl (C=O) groups is 2. The van der Waals surface area contributed by atoms with E-state index in [4.69, 9.17) is 9.47 Å². The maximum absolute atomic E-state index is 13.7. The Hall–Kier alpha value is -1.91. The van der Waals surface area contributed by atoms with Crippen LogP contribution >= 0.6 is 0 Å². The van der Waals surface area contributed by atoms with E-state index >= 15 is 0 Å². The summed E-state index contributed by atoms with van der Waals surface area (Å²) in [6, 6.07) is 2.98. The number of hydrogen-bond acceptors (Lipinski definition) is 4. The van der Waals surface area contributed by atoms with E-state index in [-0.39, 0.29) is 49.3 Å². The van der Waals surface area contributed by atoms with Crippen molar-refractivity contribution in [2.45, 2.75) is 25.2 Å². The number of carbonyl (C=O) groups excluding carboxylic acids is 2. The molecule has 0 bridgehead atoms. The predicted molar refractivity (Wildman–Crippen MR) is 59.1 cm³/mol. The highest BCUT2D eigenvalue weighted by atomic mass is 19.1. The third-order valence-corrected chi connectivity index (χ3v) is 3.26. The molecule has 1 aromatic carbocycles. The molecule has 5 heteroatoms. The average Bonchev–Trinajstić information content (AvgIpc) is 2.76. The minimum Gasteiger partial charge on any atom is -0.453 e. The van der Waals surface area contributed by atoms with Gasteiger partial charge in [-0.1, -0.05) is 0 Å². The lowest BCUT2D eigenvalue weighted by atomic mass is 9.82. The molecule has 18 heavy (non-hydrogen) atoms. The Morgan fingerprint density at radius 2 is 1.83 bits per heavy atom. The molecule has 1 aliphatic carbocycles. The Balaban J connectivity index is 1.95. The van der Waals surface area contributed by atoms with Gasteiger partial charge in [-0.15, -0.1) is 0 Å². The number of hydrogen-bond donors (Lipinski definition) is 0. The van der Waals surface area contributed by atoms with Crippen molar-refractivity contribution >= 4 is 11.6 Å². The first-order valence-electron chi connectivity index (χ1n) is 5.76. The largest absolute Gasteiger partial charge is 0.453 e. The van der Waals surface area contributed by atoms with Crippen molar-refractivity contribution in [2.75, 3.05) is 6.79 Å². The minimum absolute atomic E-state index is 0.00175. The van der Waals surface area contributed by atoms with Crippen molar-refractivity contribution in [2.24, 2.45) is 0 Å². The highest BCUT2D eigenvalue weighted by Crippen LogP contribution is 2.39. The predicted octanol–water partition coefficient (Wildman–Crippen LogP) is 1.96. The second-order valence-electron chi connectivity index (χ2n) is 4.60. The van der Waals surface area contributed by atoms with E-state index in [0.717, 1.165) is 0 Å². The van der Waals surface area contributed by atoms with E-state index in [1.807, 2.05) is 0 Å². The van der Waals surface area contributed by atoms with Gasteiger partial charge in [0.05, 0.1) is 6.42 Å². The van der Waals surface area contributed by atoms with Crippen LogP contribution in [-0.2, 0) is 9.59 Å². The molecule has 1 aromatic rings. The Kier molecular flexibility index (Phi) is 2.54. The fourth-order valence-electron chi connectivity index (χ4n) is 2.44. The van der Waals surface area contributed by atoms with Crippen LogP contribution in [0.2, 0.25) is 0 Å². The van der Waals surface area contributed by atoms with Gasteiger partial charge in [-0.05, 0) is 23.6 Å². The standard InChI is InChI=1S/C13H11FO4/c14-11-3-8(4-12-13(11)18-6-17-12)7-1-9(15)5-10(16)2-7/h3-4,7H,1-2,5-6H2. The molecule has 3 rings (SSSR count). The van der Waals surface area contributed by atoms with Crippen LogP contribution in [0.15, 0.2) is 12.1 Å². The molecule has 94 valence electrons. The van der Waals surface area contributed by atoms with Crippen molar-refractivity contribution < 1.29 is 23.5 Å². The lowest BCUT2D eigenvalue weighted by Crippen LogP contribution is -2.21. The molecular weight excluding hydrogens is 239 g/mol. The normalized spacial score (nSPS) is 19.4. The summed E-state index contributed by atoms with van der Waals surface area (Å²) in [5.74, 6) is -0.487. The SMILES string of the molecule is O=C1CC(=O)CC(c2cc(F)c3c(c2)OCO3)C1. The second-order valence-corrected chi connectivity index (χ2v) is 4.60. The zero-order chi connectivity index (χ0) is 12.7. The first-order chi connectivity index (χ1) is 8.63. The monoisotopic (exact) mass is 250 g/mol. The highest BCUT2D eigenvalue weighted by molar-refractivity contribution is 6.02. The molecule has 4 nitrogen and oxygen atoms in total. The quantitative estimate of drug-likeness (QED) is 0.715. The van der Waals surface area contributed by atoms with E-state index in [2.05, 4.69) is 0 Å². The average molecular weight is 250 g/mol. The van der Waals surface area contributed by atoms with Crippen LogP contribution in [0.3, 0.4) is 0 Å². The van der Waals surface area contributed by atoms with Gasteiger partial charge >= 0.3 is 0 Å². The van der Waals surface area contributed by atoms with Gasteiger partial charge in [0.2, 0.25) is 12.5 Å². The number of halogens is 1. The minimum atomic E-state index is -0.509. The number of ketones is 2. The second kappa shape index (κ2) is 4.08. The number of fused-ring (bicyclic) bond motifs is 1. The molecule has 0 unspecified atom stereocenters. The summed E-state index contributed by atoms with van der Waals surface area (Å²) in [6.07, 6.45) is 0.569. The summed E-state index contributed by atoms with van der Waals surface area (Å²) >= 11 is 0. The Morgan fingerprint density at radius 3 is 2.56 bits per heavy atom. The van der Waals surface area contributed by atoms with E-state index < -0.39 is 5.82 Å². The molecular formula is C13H11FO4. The van der Waals surface area contributed by atoms with Gasteiger partial charge in [-0.3, -0.25) is 9.59 Å². The van der Waals surface area contributed by atoms with Gasteiger partial charge in [0, 0.05) is 12.8 Å². The summed E-state index contributed by atoms with van der Waals surface area (Å²) < 4.78 is 23.8. The van der Waals surface area contributed by atoms with Crippen molar-refractivity contribution in [3.63, 3.8) is 0 Å². The molecule has 2 aliphatic rings. The summed E-state index contributed by atoms with van der Waals surface area (Å²) in [4.78, 5) is 22.8. The number of ether oxygens (including phenoxy) is 2. The van der Waals surface area contributed by atoms with Crippen molar-refractivity contribution in [3.05, 3.63) is 23.5 Å². The van der Waals surface area contributed by atoms with Gasteiger partial charge in [0.25, 0.3) is 0 Å². The van der Waals surface area contributed by atoms with Gasteiger partial charge in [-0.2, -0.15) is 0 Å². The molecule has 0 amide bonds. The van der Waals surface area contributed by atoms with Crippen LogP contribution in [0.1, 0.15) is 30.7 Å². The summed E-state index contributed by atoms with van der Waals surface area (Å²) in [7, 11) is 0. The topological polar surface area (TPSA) is 52.6 Å². The Labute approximate surface area is 103 Å². The maximum atomic E-state index is 13.7. The van der Waals surface area contributed by atoms with Crippen LogP contribution in [0.25, 0.3) is 0 Å². The van der Waals surface area contributed by atoms with Crippen LogP contribution in [0, 0.1) is 5.82 Å².